The lowest BCUT2D eigenvalue weighted by atomic mass is 10.3. The lowest BCUT2D eigenvalue weighted by molar-refractivity contribution is 0.174. The molecule has 2 aliphatic rings. The molecule has 0 spiro atoms. The number of urea groups is 1. The number of rotatable bonds is 3. The number of nitrogens with zero attached hydrogens (tertiary/aromatic N) is 4. The number of benzene rings is 1. The molecule has 0 bridgehead atoms. The molecule has 1 aromatic heterocycles. The Morgan fingerprint density at radius 2 is 2.15 bits per heavy atom. The van der Waals surface area contributed by atoms with Crippen molar-refractivity contribution in [3.8, 4) is 23.4 Å². The van der Waals surface area contributed by atoms with Crippen molar-refractivity contribution in [2.75, 3.05) is 25.2 Å². The predicted molar refractivity (Wildman–Crippen MR) is 88.9 cm³/mol. The topological polar surface area (TPSA) is 110 Å². The Hall–Kier alpha value is -3.54. The van der Waals surface area contributed by atoms with E-state index in [0.717, 1.165) is 0 Å². The van der Waals surface area contributed by atoms with E-state index in [-0.39, 0.29) is 30.5 Å². The van der Waals surface area contributed by atoms with Gasteiger partial charge in [0.05, 0.1) is 6.54 Å². The van der Waals surface area contributed by atoms with Crippen molar-refractivity contribution in [3.05, 3.63) is 36.3 Å². The minimum atomic E-state index is -0.235. The summed E-state index contributed by atoms with van der Waals surface area (Å²) in [4.78, 5) is 22.0. The van der Waals surface area contributed by atoms with Gasteiger partial charge in [-0.2, -0.15) is 5.26 Å². The molecule has 9 heteroatoms. The van der Waals surface area contributed by atoms with Crippen LogP contribution in [-0.2, 0) is 0 Å². The molecule has 0 aliphatic carbocycles. The number of fused-ring (bicyclic) bond motifs is 1. The molecular formula is C17H15N5O4. The van der Waals surface area contributed by atoms with Crippen molar-refractivity contribution in [2.45, 2.75) is 12.5 Å². The zero-order chi connectivity index (χ0) is 17.9. The van der Waals surface area contributed by atoms with Crippen LogP contribution in [0, 0.1) is 11.3 Å². The maximum absolute atomic E-state index is 12.4. The SMILES string of the molecule is N#Cc1nccnc1OC1CCN(C(=O)Nc2ccc3c(c2)OCO3)C1. The highest BCUT2D eigenvalue weighted by atomic mass is 16.7. The molecule has 1 unspecified atom stereocenters. The molecule has 9 nitrogen and oxygen atoms in total. The zero-order valence-electron chi connectivity index (χ0n) is 13.7. The molecule has 4 rings (SSSR count). The quantitative estimate of drug-likeness (QED) is 0.895. The Balaban J connectivity index is 1.36. The van der Waals surface area contributed by atoms with Crippen LogP contribution < -0.4 is 19.5 Å². The molecular weight excluding hydrogens is 338 g/mol. The van der Waals surface area contributed by atoms with E-state index in [9.17, 15) is 4.79 Å². The largest absolute Gasteiger partial charge is 0.470 e. The number of hydrogen-bond donors (Lipinski definition) is 1. The third-order valence-electron chi connectivity index (χ3n) is 4.10. The van der Waals surface area contributed by atoms with Crippen molar-refractivity contribution in [3.63, 3.8) is 0 Å². The van der Waals surface area contributed by atoms with E-state index in [4.69, 9.17) is 19.5 Å². The number of hydrogen-bond acceptors (Lipinski definition) is 7. The van der Waals surface area contributed by atoms with Crippen LogP contribution in [0.25, 0.3) is 0 Å². The Kier molecular flexibility index (Phi) is 4.15. The fraction of sp³-hybridized carbons (Fsp3) is 0.294. The van der Waals surface area contributed by atoms with Crippen LogP contribution in [0.3, 0.4) is 0 Å². The fourth-order valence-electron chi connectivity index (χ4n) is 2.83. The average molecular weight is 353 g/mol. The number of carbonyl (C=O) groups excluding carboxylic acids is 1. The first kappa shape index (κ1) is 16.0. The molecule has 2 aliphatic heterocycles. The van der Waals surface area contributed by atoms with Crippen LogP contribution in [0.1, 0.15) is 12.1 Å². The minimum absolute atomic E-state index is 0.135. The van der Waals surface area contributed by atoms with Gasteiger partial charge in [0, 0.05) is 37.1 Å². The second-order valence-electron chi connectivity index (χ2n) is 5.79. The first-order chi connectivity index (χ1) is 12.7. The Morgan fingerprint density at radius 3 is 3.04 bits per heavy atom. The number of anilines is 1. The van der Waals surface area contributed by atoms with Crippen LogP contribution in [0.2, 0.25) is 0 Å². The van der Waals surface area contributed by atoms with Crippen molar-refractivity contribution < 1.29 is 19.0 Å². The predicted octanol–water partition coefficient (Wildman–Crippen LogP) is 1.76. The average Bonchev–Trinajstić information content (AvgIpc) is 3.31. The lowest BCUT2D eigenvalue weighted by Crippen LogP contribution is -2.34. The monoisotopic (exact) mass is 353 g/mol. The Bertz CT molecular complexity index is 882. The van der Waals surface area contributed by atoms with Gasteiger partial charge >= 0.3 is 6.03 Å². The third-order valence-corrected chi connectivity index (χ3v) is 4.10. The van der Waals surface area contributed by atoms with Gasteiger partial charge in [-0.3, -0.25) is 0 Å². The summed E-state index contributed by atoms with van der Waals surface area (Å²) in [6.07, 6.45) is 3.32. The standard InChI is InChI=1S/C17H15N5O4/c18-8-13-16(20-5-4-19-13)26-12-3-6-22(9-12)17(23)21-11-1-2-14-15(7-11)25-10-24-14/h1-2,4-5,7,12H,3,6,9-10H2,(H,21,23). The number of likely N-dealkylation sites (tertiary alicyclic amines) is 1. The first-order valence-electron chi connectivity index (χ1n) is 8.06. The summed E-state index contributed by atoms with van der Waals surface area (Å²) in [5, 5.41) is 11.9. The van der Waals surface area contributed by atoms with Gasteiger partial charge in [0.25, 0.3) is 5.88 Å². The van der Waals surface area contributed by atoms with Crippen molar-refractivity contribution in [2.24, 2.45) is 0 Å². The molecule has 1 aromatic carbocycles. The number of aromatic nitrogens is 2. The lowest BCUT2D eigenvalue weighted by Gasteiger charge is -2.18. The van der Waals surface area contributed by atoms with E-state index in [1.807, 2.05) is 6.07 Å². The second kappa shape index (κ2) is 6.76. The highest BCUT2D eigenvalue weighted by molar-refractivity contribution is 5.90. The molecule has 2 aromatic rings. The minimum Gasteiger partial charge on any atom is -0.470 e. The van der Waals surface area contributed by atoms with Crippen molar-refractivity contribution in [1.29, 1.82) is 5.26 Å². The van der Waals surface area contributed by atoms with Gasteiger partial charge in [0.15, 0.2) is 11.5 Å². The summed E-state index contributed by atoms with van der Waals surface area (Å²) in [7, 11) is 0. The van der Waals surface area contributed by atoms with Gasteiger partial charge in [-0.1, -0.05) is 0 Å². The number of ether oxygens (including phenoxy) is 3. The molecule has 1 atom stereocenters. The van der Waals surface area contributed by atoms with Gasteiger partial charge in [-0.15, -0.1) is 0 Å². The summed E-state index contributed by atoms with van der Waals surface area (Å²) in [5.74, 6) is 1.46. The number of carbonyl (C=O) groups is 1. The molecule has 0 radical (unpaired) electrons. The Labute approximate surface area is 149 Å². The summed E-state index contributed by atoms with van der Waals surface area (Å²) in [6.45, 7) is 1.13. The second-order valence-corrected chi connectivity index (χ2v) is 5.79. The van der Waals surface area contributed by atoms with E-state index in [1.165, 1.54) is 12.4 Å². The van der Waals surface area contributed by atoms with Crippen LogP contribution in [0.15, 0.2) is 30.6 Å². The van der Waals surface area contributed by atoms with Gasteiger partial charge in [0.1, 0.15) is 12.2 Å². The molecule has 1 fully saturated rings. The van der Waals surface area contributed by atoms with Gasteiger partial charge < -0.3 is 24.4 Å². The zero-order valence-corrected chi connectivity index (χ0v) is 13.7. The Morgan fingerprint density at radius 1 is 1.31 bits per heavy atom. The molecule has 132 valence electrons. The maximum Gasteiger partial charge on any atom is 0.321 e. The van der Waals surface area contributed by atoms with E-state index in [2.05, 4.69) is 15.3 Å². The molecule has 1 saturated heterocycles. The maximum atomic E-state index is 12.4. The fourth-order valence-corrected chi connectivity index (χ4v) is 2.83. The van der Waals surface area contributed by atoms with Crippen molar-refractivity contribution >= 4 is 11.7 Å². The molecule has 3 heterocycles. The highest BCUT2D eigenvalue weighted by Crippen LogP contribution is 2.34. The van der Waals surface area contributed by atoms with Gasteiger partial charge in [-0.25, -0.2) is 14.8 Å². The number of nitrogens with one attached hydrogen (secondary N) is 1. The third kappa shape index (κ3) is 3.17. The molecule has 0 saturated carbocycles. The van der Waals surface area contributed by atoms with Gasteiger partial charge in [-0.05, 0) is 12.1 Å². The van der Waals surface area contributed by atoms with Crippen molar-refractivity contribution in [1.82, 2.24) is 14.9 Å². The van der Waals surface area contributed by atoms with E-state index < -0.39 is 0 Å². The summed E-state index contributed by atoms with van der Waals surface area (Å²) < 4.78 is 16.3. The summed E-state index contributed by atoms with van der Waals surface area (Å²) in [5.41, 5.74) is 0.764. The molecule has 1 N–H and O–H groups in total. The van der Waals surface area contributed by atoms with Crippen LogP contribution in [-0.4, -0.2) is 46.9 Å². The highest BCUT2D eigenvalue weighted by Gasteiger charge is 2.29. The summed E-state index contributed by atoms with van der Waals surface area (Å²) in [6, 6.07) is 6.95. The summed E-state index contributed by atoms with van der Waals surface area (Å²) >= 11 is 0. The van der Waals surface area contributed by atoms with E-state index in [0.29, 0.717) is 36.7 Å². The van der Waals surface area contributed by atoms with Crippen LogP contribution in [0.5, 0.6) is 17.4 Å². The van der Waals surface area contributed by atoms with E-state index >= 15 is 0 Å². The van der Waals surface area contributed by atoms with E-state index in [1.54, 1.807) is 23.1 Å². The van der Waals surface area contributed by atoms with Gasteiger partial charge in [0.2, 0.25) is 12.5 Å². The molecule has 26 heavy (non-hydrogen) atoms. The number of amides is 2. The normalized spacial score (nSPS) is 17.7. The van der Waals surface area contributed by atoms with Crippen LogP contribution in [0.4, 0.5) is 10.5 Å². The van der Waals surface area contributed by atoms with Crippen LogP contribution >= 0.6 is 0 Å². The smallest absolute Gasteiger partial charge is 0.321 e. The molecule has 2 amide bonds. The first-order valence-corrected chi connectivity index (χ1v) is 8.06. The number of nitriles is 1.